The van der Waals surface area contributed by atoms with Crippen LogP contribution >= 0.6 is 0 Å². The number of aromatic amines is 1. The van der Waals surface area contributed by atoms with Crippen LogP contribution in [0.4, 0.5) is 0 Å². The summed E-state index contributed by atoms with van der Waals surface area (Å²) in [5.41, 5.74) is 14.1. The van der Waals surface area contributed by atoms with Crippen molar-refractivity contribution in [3.8, 4) is 51.0 Å². The van der Waals surface area contributed by atoms with Crippen molar-refractivity contribution in [1.82, 2.24) is 24.5 Å². The van der Waals surface area contributed by atoms with E-state index in [-0.39, 0.29) is 16.2 Å². The van der Waals surface area contributed by atoms with Gasteiger partial charge >= 0.3 is 0 Å². The lowest BCUT2D eigenvalue weighted by molar-refractivity contribution is 0.125. The van der Waals surface area contributed by atoms with Gasteiger partial charge in [0.1, 0.15) is 0 Å². The predicted molar refractivity (Wildman–Crippen MR) is 245 cm³/mol. The normalized spacial score (nSPS) is 15.4. The molecule has 0 saturated heterocycles. The lowest BCUT2D eigenvalue weighted by Crippen LogP contribution is -2.42. The van der Waals surface area contributed by atoms with Gasteiger partial charge in [0.2, 0.25) is 0 Å². The molecule has 0 aliphatic heterocycles. The molecule has 0 bridgehead atoms. The highest BCUT2D eigenvalue weighted by atomic mass is 15.0. The van der Waals surface area contributed by atoms with Crippen LogP contribution in [-0.2, 0) is 10.8 Å². The number of nitrogens with one attached hydrogen (secondary N) is 1. The summed E-state index contributed by atoms with van der Waals surface area (Å²) in [4.78, 5) is 18.8. The number of para-hydroxylation sites is 1. The van der Waals surface area contributed by atoms with E-state index in [1.165, 1.54) is 54.8 Å². The Bertz CT molecular complexity index is 3230. The maximum atomic E-state index is 5.03. The zero-order valence-electron chi connectivity index (χ0n) is 34.3. The maximum absolute atomic E-state index is 5.03. The first-order valence-electron chi connectivity index (χ1n) is 20.6. The quantitative estimate of drug-likeness (QED) is 0.190. The molecule has 1 N–H and O–H groups in total. The average molecular weight is 764 g/mol. The SMILES string of the molecule is CC1(C)c2cc3[nH]c4ccc(-c5ccc6c(c5)c5ccccc5n6-c5cccc(-c6nc(-c7ccccc7)nc(-c7ccccc7)n6)c5)cc4c3cc2C(C)(C)C1(C)C. The molecule has 1 aliphatic rings. The maximum Gasteiger partial charge on any atom is 0.164 e. The van der Waals surface area contributed by atoms with E-state index >= 15 is 0 Å². The van der Waals surface area contributed by atoms with E-state index in [9.17, 15) is 0 Å². The fourth-order valence-corrected chi connectivity index (χ4v) is 9.77. The highest BCUT2D eigenvalue weighted by molar-refractivity contribution is 6.12. The predicted octanol–water partition coefficient (Wildman–Crippen LogP) is 13.9. The van der Waals surface area contributed by atoms with Gasteiger partial charge in [-0.1, -0.05) is 145 Å². The van der Waals surface area contributed by atoms with Crippen molar-refractivity contribution in [2.45, 2.75) is 52.4 Å². The summed E-state index contributed by atoms with van der Waals surface area (Å²) >= 11 is 0. The minimum absolute atomic E-state index is 0.0432. The first-order chi connectivity index (χ1) is 28.5. The van der Waals surface area contributed by atoms with Crippen molar-refractivity contribution in [1.29, 1.82) is 0 Å². The summed E-state index contributed by atoms with van der Waals surface area (Å²) in [7, 11) is 0. The molecule has 0 fully saturated rings. The monoisotopic (exact) mass is 763 g/mol. The number of H-pyrrole nitrogens is 1. The number of hydrogen-bond donors (Lipinski definition) is 1. The van der Waals surface area contributed by atoms with Crippen molar-refractivity contribution in [3.05, 3.63) is 169 Å². The van der Waals surface area contributed by atoms with Crippen molar-refractivity contribution in [2.75, 3.05) is 0 Å². The Hall–Kier alpha value is -6.85. The third-order valence-electron chi connectivity index (χ3n) is 14.3. The van der Waals surface area contributed by atoms with Gasteiger partial charge in [0, 0.05) is 55.0 Å². The van der Waals surface area contributed by atoms with Gasteiger partial charge in [-0.25, -0.2) is 15.0 Å². The molecule has 3 aromatic heterocycles. The van der Waals surface area contributed by atoms with Gasteiger partial charge in [-0.2, -0.15) is 0 Å². The Labute approximate surface area is 344 Å². The van der Waals surface area contributed by atoms with Crippen molar-refractivity contribution < 1.29 is 0 Å². The highest BCUT2D eigenvalue weighted by Gasteiger charge is 2.56. The minimum atomic E-state index is 0.0432. The smallest absolute Gasteiger partial charge is 0.164 e. The van der Waals surface area contributed by atoms with Crippen LogP contribution < -0.4 is 0 Å². The fourth-order valence-electron chi connectivity index (χ4n) is 9.77. The molecule has 0 saturated carbocycles. The number of benzene rings is 7. The fraction of sp³-hybridized carbons (Fsp3) is 0.167. The molecule has 0 atom stereocenters. The van der Waals surface area contributed by atoms with Crippen LogP contribution in [0.15, 0.2) is 158 Å². The zero-order valence-corrected chi connectivity index (χ0v) is 34.3. The van der Waals surface area contributed by atoms with E-state index in [1.54, 1.807) is 0 Å². The van der Waals surface area contributed by atoms with E-state index < -0.39 is 0 Å². The molecule has 7 aromatic carbocycles. The van der Waals surface area contributed by atoms with Crippen LogP contribution in [0.2, 0.25) is 0 Å². The molecule has 0 unspecified atom stereocenters. The molecule has 1 aliphatic carbocycles. The summed E-state index contributed by atoms with van der Waals surface area (Å²) < 4.78 is 2.36. The summed E-state index contributed by atoms with van der Waals surface area (Å²) in [5, 5.41) is 4.99. The second-order valence-electron chi connectivity index (χ2n) is 17.9. The second kappa shape index (κ2) is 12.6. The summed E-state index contributed by atoms with van der Waals surface area (Å²) in [6.07, 6.45) is 0. The summed E-state index contributed by atoms with van der Waals surface area (Å²) in [5.74, 6) is 1.93. The number of hydrogen-bond acceptors (Lipinski definition) is 3. The molecular formula is C54H45N5. The molecular weight excluding hydrogens is 719 g/mol. The Balaban J connectivity index is 1.03. The van der Waals surface area contributed by atoms with Gasteiger partial charge in [-0.3, -0.25) is 0 Å². The molecule has 3 heterocycles. The number of aromatic nitrogens is 5. The third-order valence-corrected chi connectivity index (χ3v) is 14.3. The molecule has 0 radical (unpaired) electrons. The first-order valence-corrected chi connectivity index (χ1v) is 20.6. The number of rotatable bonds is 5. The molecule has 11 rings (SSSR count). The lowest BCUT2D eigenvalue weighted by Gasteiger charge is -2.44. The third kappa shape index (κ3) is 5.20. The van der Waals surface area contributed by atoms with Crippen LogP contribution in [0.5, 0.6) is 0 Å². The van der Waals surface area contributed by atoms with Crippen LogP contribution in [0.1, 0.15) is 52.7 Å². The lowest BCUT2D eigenvalue weighted by atomic mass is 9.59. The Kier molecular flexibility index (Phi) is 7.53. The minimum Gasteiger partial charge on any atom is -0.355 e. The zero-order chi connectivity index (χ0) is 40.3. The van der Waals surface area contributed by atoms with E-state index in [0.717, 1.165) is 33.4 Å². The Morgan fingerprint density at radius 1 is 0.390 bits per heavy atom. The van der Waals surface area contributed by atoms with Gasteiger partial charge < -0.3 is 9.55 Å². The van der Waals surface area contributed by atoms with Gasteiger partial charge in [0.25, 0.3) is 0 Å². The molecule has 5 heteroatoms. The van der Waals surface area contributed by atoms with Crippen LogP contribution in [0.3, 0.4) is 0 Å². The van der Waals surface area contributed by atoms with Gasteiger partial charge in [-0.05, 0) is 93.1 Å². The summed E-state index contributed by atoms with van der Waals surface area (Å²) in [6.45, 7) is 14.5. The molecule has 0 amide bonds. The van der Waals surface area contributed by atoms with Gasteiger partial charge in [0.15, 0.2) is 17.5 Å². The highest BCUT2D eigenvalue weighted by Crippen LogP contribution is 2.62. The van der Waals surface area contributed by atoms with E-state index in [4.69, 9.17) is 15.0 Å². The van der Waals surface area contributed by atoms with Gasteiger partial charge in [-0.15, -0.1) is 0 Å². The molecule has 5 nitrogen and oxygen atoms in total. The Morgan fingerprint density at radius 2 is 0.915 bits per heavy atom. The standard InChI is InChI=1S/C54H45N5/c1-52(2)43-31-41-40-29-35(24-26-45(40)55-46(41)32-44(43)53(3,4)54(52,5)6)36-25-27-48-42(30-36)39-22-13-14-23-47(39)59(48)38-21-15-20-37(28-38)51-57-49(33-16-9-7-10-17-33)56-50(58-51)34-18-11-8-12-19-34/h7-32,55H,1-6H3. The molecule has 0 spiro atoms. The second-order valence-corrected chi connectivity index (χ2v) is 17.9. The first kappa shape index (κ1) is 35.3. The van der Waals surface area contributed by atoms with E-state index in [1.807, 2.05) is 60.7 Å². The largest absolute Gasteiger partial charge is 0.355 e. The average Bonchev–Trinajstić information content (AvgIpc) is 3.83. The van der Waals surface area contributed by atoms with Crippen LogP contribution in [0, 0.1) is 5.41 Å². The number of fused-ring (bicyclic) bond motifs is 7. The van der Waals surface area contributed by atoms with Crippen LogP contribution in [0.25, 0.3) is 94.6 Å². The van der Waals surface area contributed by atoms with Crippen molar-refractivity contribution >= 4 is 43.6 Å². The van der Waals surface area contributed by atoms with Crippen molar-refractivity contribution in [2.24, 2.45) is 5.41 Å². The molecule has 59 heavy (non-hydrogen) atoms. The van der Waals surface area contributed by atoms with Crippen LogP contribution in [-0.4, -0.2) is 24.5 Å². The summed E-state index contributed by atoms with van der Waals surface area (Å²) in [6, 6.07) is 56.3. The topological polar surface area (TPSA) is 59.4 Å². The number of nitrogens with zero attached hydrogens (tertiary/aromatic N) is 4. The van der Waals surface area contributed by atoms with E-state index in [0.29, 0.717) is 17.5 Å². The van der Waals surface area contributed by atoms with E-state index in [2.05, 4.69) is 148 Å². The molecule has 286 valence electrons. The van der Waals surface area contributed by atoms with Crippen molar-refractivity contribution in [3.63, 3.8) is 0 Å². The van der Waals surface area contributed by atoms with Gasteiger partial charge in [0.05, 0.1) is 11.0 Å². The Morgan fingerprint density at radius 3 is 1.59 bits per heavy atom. The molecule has 10 aromatic rings.